The number of nitrogens with one attached hydrogen (secondary N) is 2. The molecule has 0 bridgehead atoms. The van der Waals surface area contributed by atoms with E-state index in [1.165, 1.54) is 34.9 Å². The third kappa shape index (κ3) is 3.07. The van der Waals surface area contributed by atoms with E-state index in [1.54, 1.807) is 0 Å². The Labute approximate surface area is 142 Å². The number of benzene rings is 2. The summed E-state index contributed by atoms with van der Waals surface area (Å²) in [5.41, 5.74) is 6.42. The average Bonchev–Trinajstić information content (AvgIpc) is 3.21. The SMILES string of the molecule is O=C(Cc1ccc2c(c1)CCC2)NCCc1c[nH]c2ccccc12. The lowest BCUT2D eigenvalue weighted by molar-refractivity contribution is -0.120. The number of para-hydroxylation sites is 1. The first-order valence-electron chi connectivity index (χ1n) is 8.72. The standard InChI is InChI=1S/C21H22N2O/c24-21(13-15-8-9-16-4-3-5-17(16)12-15)22-11-10-18-14-23-20-7-2-1-6-19(18)20/h1-2,6-9,12,14,23H,3-5,10-11,13H2,(H,22,24). The molecule has 0 fully saturated rings. The maximum atomic E-state index is 12.2. The van der Waals surface area contributed by atoms with Crippen LogP contribution in [-0.2, 0) is 30.5 Å². The molecule has 2 N–H and O–H groups in total. The van der Waals surface area contributed by atoms with Gasteiger partial charge in [-0.15, -0.1) is 0 Å². The molecule has 24 heavy (non-hydrogen) atoms. The van der Waals surface area contributed by atoms with Gasteiger partial charge in [-0.05, 0) is 54.0 Å². The predicted molar refractivity (Wildman–Crippen MR) is 97.2 cm³/mol. The highest BCUT2D eigenvalue weighted by atomic mass is 16.1. The van der Waals surface area contributed by atoms with E-state index in [9.17, 15) is 4.79 Å². The fourth-order valence-corrected chi connectivity index (χ4v) is 3.66. The van der Waals surface area contributed by atoms with Crippen molar-refractivity contribution in [2.24, 2.45) is 0 Å². The Bertz CT molecular complexity index is 878. The molecule has 3 aromatic rings. The van der Waals surface area contributed by atoms with Crippen LogP contribution in [0, 0.1) is 0 Å². The number of aromatic amines is 1. The van der Waals surface area contributed by atoms with Gasteiger partial charge in [-0.2, -0.15) is 0 Å². The van der Waals surface area contributed by atoms with Crippen LogP contribution >= 0.6 is 0 Å². The Hall–Kier alpha value is -2.55. The molecule has 0 saturated carbocycles. The van der Waals surface area contributed by atoms with Gasteiger partial charge in [0.15, 0.2) is 0 Å². The molecule has 0 unspecified atom stereocenters. The third-order valence-electron chi connectivity index (χ3n) is 4.92. The van der Waals surface area contributed by atoms with Crippen molar-refractivity contribution in [3.8, 4) is 0 Å². The molecule has 2 aromatic carbocycles. The lowest BCUT2D eigenvalue weighted by Crippen LogP contribution is -2.27. The summed E-state index contributed by atoms with van der Waals surface area (Å²) < 4.78 is 0. The highest BCUT2D eigenvalue weighted by molar-refractivity contribution is 5.83. The van der Waals surface area contributed by atoms with Crippen LogP contribution in [0.4, 0.5) is 0 Å². The number of hydrogen-bond donors (Lipinski definition) is 2. The van der Waals surface area contributed by atoms with Gasteiger partial charge in [0.25, 0.3) is 0 Å². The van der Waals surface area contributed by atoms with Gasteiger partial charge < -0.3 is 10.3 Å². The molecule has 4 rings (SSSR count). The van der Waals surface area contributed by atoms with Crippen molar-refractivity contribution in [2.75, 3.05) is 6.54 Å². The molecule has 3 nitrogen and oxygen atoms in total. The third-order valence-corrected chi connectivity index (χ3v) is 4.92. The van der Waals surface area contributed by atoms with E-state index < -0.39 is 0 Å². The molecule has 0 saturated heterocycles. The second-order valence-corrected chi connectivity index (χ2v) is 6.59. The van der Waals surface area contributed by atoms with Crippen LogP contribution in [0.25, 0.3) is 10.9 Å². The Morgan fingerprint density at radius 2 is 1.96 bits per heavy atom. The predicted octanol–water partition coefficient (Wildman–Crippen LogP) is 3.56. The minimum absolute atomic E-state index is 0.104. The maximum absolute atomic E-state index is 12.2. The molecule has 1 aliphatic rings. The molecule has 122 valence electrons. The molecule has 0 spiro atoms. The quantitative estimate of drug-likeness (QED) is 0.742. The van der Waals surface area contributed by atoms with Gasteiger partial charge in [-0.3, -0.25) is 4.79 Å². The Morgan fingerprint density at radius 3 is 2.92 bits per heavy atom. The zero-order valence-corrected chi connectivity index (χ0v) is 13.8. The monoisotopic (exact) mass is 318 g/mol. The molecule has 0 atom stereocenters. The highest BCUT2D eigenvalue weighted by Crippen LogP contribution is 2.23. The topological polar surface area (TPSA) is 44.9 Å². The number of H-pyrrole nitrogens is 1. The van der Waals surface area contributed by atoms with Crippen LogP contribution in [0.5, 0.6) is 0 Å². The second-order valence-electron chi connectivity index (χ2n) is 6.59. The van der Waals surface area contributed by atoms with E-state index in [2.05, 4.69) is 40.6 Å². The molecule has 0 radical (unpaired) electrons. The molecule has 1 aliphatic carbocycles. The molecule has 1 heterocycles. The zero-order chi connectivity index (χ0) is 16.4. The number of hydrogen-bond acceptors (Lipinski definition) is 1. The summed E-state index contributed by atoms with van der Waals surface area (Å²) in [6.45, 7) is 0.672. The van der Waals surface area contributed by atoms with E-state index in [4.69, 9.17) is 0 Å². The number of aromatic nitrogens is 1. The van der Waals surface area contributed by atoms with Crippen molar-refractivity contribution in [1.29, 1.82) is 0 Å². The minimum atomic E-state index is 0.104. The van der Waals surface area contributed by atoms with Crippen LogP contribution in [0.1, 0.15) is 28.7 Å². The van der Waals surface area contributed by atoms with E-state index in [0.29, 0.717) is 13.0 Å². The normalized spacial score (nSPS) is 13.2. The second kappa shape index (κ2) is 6.52. The molecular formula is C21H22N2O. The summed E-state index contributed by atoms with van der Waals surface area (Å²) in [5.74, 6) is 0.104. The van der Waals surface area contributed by atoms with Gasteiger partial charge in [0, 0.05) is 23.6 Å². The number of fused-ring (bicyclic) bond motifs is 2. The van der Waals surface area contributed by atoms with Crippen molar-refractivity contribution in [2.45, 2.75) is 32.1 Å². The van der Waals surface area contributed by atoms with Gasteiger partial charge in [0.1, 0.15) is 0 Å². The summed E-state index contributed by atoms with van der Waals surface area (Å²) in [6.07, 6.45) is 6.95. The van der Waals surface area contributed by atoms with Crippen molar-refractivity contribution in [3.05, 3.63) is 70.9 Å². The fraction of sp³-hybridized carbons (Fsp3) is 0.286. The van der Waals surface area contributed by atoms with Gasteiger partial charge in [0.05, 0.1) is 6.42 Å². The van der Waals surface area contributed by atoms with Crippen molar-refractivity contribution in [1.82, 2.24) is 10.3 Å². The van der Waals surface area contributed by atoms with Crippen molar-refractivity contribution < 1.29 is 4.79 Å². The minimum Gasteiger partial charge on any atom is -0.361 e. The summed E-state index contributed by atoms with van der Waals surface area (Å²) in [4.78, 5) is 15.5. The average molecular weight is 318 g/mol. The molecule has 1 aromatic heterocycles. The van der Waals surface area contributed by atoms with E-state index >= 15 is 0 Å². The first-order valence-corrected chi connectivity index (χ1v) is 8.72. The van der Waals surface area contributed by atoms with Crippen LogP contribution in [0.3, 0.4) is 0 Å². The molecule has 0 aliphatic heterocycles. The Balaban J connectivity index is 1.32. The first-order chi connectivity index (χ1) is 11.8. The van der Waals surface area contributed by atoms with Crippen LogP contribution < -0.4 is 5.32 Å². The Morgan fingerprint density at radius 1 is 1.08 bits per heavy atom. The van der Waals surface area contributed by atoms with Crippen LogP contribution in [0.15, 0.2) is 48.7 Å². The summed E-state index contributed by atoms with van der Waals surface area (Å²) in [6, 6.07) is 14.8. The van der Waals surface area contributed by atoms with E-state index in [0.717, 1.165) is 23.9 Å². The first kappa shape index (κ1) is 15.0. The van der Waals surface area contributed by atoms with Gasteiger partial charge >= 0.3 is 0 Å². The van der Waals surface area contributed by atoms with E-state index in [-0.39, 0.29) is 5.91 Å². The number of carbonyl (C=O) groups is 1. The van der Waals surface area contributed by atoms with Crippen molar-refractivity contribution in [3.63, 3.8) is 0 Å². The van der Waals surface area contributed by atoms with Crippen LogP contribution in [-0.4, -0.2) is 17.4 Å². The van der Waals surface area contributed by atoms with Gasteiger partial charge in [0.2, 0.25) is 5.91 Å². The maximum Gasteiger partial charge on any atom is 0.224 e. The highest BCUT2D eigenvalue weighted by Gasteiger charge is 2.12. The lowest BCUT2D eigenvalue weighted by Gasteiger charge is -2.07. The summed E-state index contributed by atoms with van der Waals surface area (Å²) in [7, 11) is 0. The fourth-order valence-electron chi connectivity index (χ4n) is 3.66. The van der Waals surface area contributed by atoms with Crippen molar-refractivity contribution >= 4 is 16.8 Å². The number of carbonyl (C=O) groups excluding carboxylic acids is 1. The molecular weight excluding hydrogens is 296 g/mol. The van der Waals surface area contributed by atoms with Crippen LogP contribution in [0.2, 0.25) is 0 Å². The largest absolute Gasteiger partial charge is 0.361 e. The number of rotatable bonds is 5. The Kier molecular flexibility index (Phi) is 4.08. The van der Waals surface area contributed by atoms with Gasteiger partial charge in [-0.1, -0.05) is 36.4 Å². The molecule has 3 heteroatoms. The van der Waals surface area contributed by atoms with E-state index in [1.807, 2.05) is 18.3 Å². The summed E-state index contributed by atoms with van der Waals surface area (Å²) >= 11 is 0. The summed E-state index contributed by atoms with van der Waals surface area (Å²) in [5, 5.41) is 4.29. The number of amides is 1. The smallest absolute Gasteiger partial charge is 0.224 e. The van der Waals surface area contributed by atoms with Gasteiger partial charge in [-0.25, -0.2) is 0 Å². The lowest BCUT2D eigenvalue weighted by atomic mass is 10.0. The zero-order valence-electron chi connectivity index (χ0n) is 13.8. The number of aryl methyl sites for hydroxylation is 2. The molecule has 1 amide bonds.